The van der Waals surface area contributed by atoms with Gasteiger partial charge in [0.05, 0.1) is 30.8 Å². The molecule has 2 rings (SSSR count). The molecule has 0 fully saturated rings. The van der Waals surface area contributed by atoms with E-state index in [9.17, 15) is 13.9 Å². The highest BCUT2D eigenvalue weighted by atomic mass is 32.3. The number of nitrogens with zero attached hydrogens (tertiary/aromatic N) is 2. The number of carbonyl (C=O) groups excluding carboxylic acids is 1. The van der Waals surface area contributed by atoms with Crippen molar-refractivity contribution >= 4 is 22.3 Å². The lowest BCUT2D eigenvalue weighted by Gasteiger charge is -2.36. The largest absolute Gasteiger partial charge is 0.460 e. The van der Waals surface area contributed by atoms with E-state index < -0.39 is 16.6 Å². The fourth-order valence-electron chi connectivity index (χ4n) is 2.04. The SMILES string of the molecule is COC(=O)C(=[N+]=[N-])c1ccc(S(O)(O)C2=CCOCC2)cc1. The minimum absolute atomic E-state index is 0.254. The number of hydrogen-bond acceptors (Lipinski definition) is 5. The molecule has 0 radical (unpaired) electrons. The number of methoxy groups -OCH3 is 1. The molecule has 1 aliphatic rings. The average Bonchev–Trinajstić information content (AvgIpc) is 2.56. The molecule has 1 heterocycles. The third kappa shape index (κ3) is 3.27. The van der Waals surface area contributed by atoms with E-state index in [1.165, 1.54) is 31.4 Å². The zero-order chi connectivity index (χ0) is 16.2. The molecule has 0 saturated carbocycles. The summed E-state index contributed by atoms with van der Waals surface area (Å²) in [6, 6.07) is 5.90. The topological polar surface area (TPSA) is 112 Å². The Labute approximate surface area is 129 Å². The molecule has 2 N–H and O–H groups in total. The van der Waals surface area contributed by atoms with Gasteiger partial charge in [-0.3, -0.25) is 9.11 Å². The maximum Gasteiger partial charge on any atom is 0.422 e. The molecule has 0 saturated heterocycles. The van der Waals surface area contributed by atoms with Crippen LogP contribution in [0.25, 0.3) is 5.53 Å². The molecule has 0 atom stereocenters. The van der Waals surface area contributed by atoms with Crippen LogP contribution in [0.3, 0.4) is 0 Å². The Morgan fingerprint density at radius 2 is 2.05 bits per heavy atom. The minimum Gasteiger partial charge on any atom is -0.460 e. The maximum absolute atomic E-state index is 11.4. The van der Waals surface area contributed by atoms with Gasteiger partial charge < -0.3 is 15.0 Å². The predicted octanol–water partition coefficient (Wildman–Crippen LogP) is 2.29. The Morgan fingerprint density at radius 3 is 2.55 bits per heavy atom. The third-order valence-corrected chi connectivity index (χ3v) is 5.25. The molecule has 0 bridgehead atoms. The minimum atomic E-state index is -3.07. The predicted molar refractivity (Wildman–Crippen MR) is 80.8 cm³/mol. The Kier molecular flexibility index (Phi) is 5.12. The van der Waals surface area contributed by atoms with Crippen molar-refractivity contribution in [2.75, 3.05) is 20.3 Å². The van der Waals surface area contributed by atoms with Gasteiger partial charge in [0.2, 0.25) is 0 Å². The van der Waals surface area contributed by atoms with E-state index in [0.29, 0.717) is 35.0 Å². The van der Waals surface area contributed by atoms with E-state index >= 15 is 0 Å². The van der Waals surface area contributed by atoms with Crippen molar-refractivity contribution in [3.05, 3.63) is 46.3 Å². The van der Waals surface area contributed by atoms with Gasteiger partial charge in [-0.05, 0) is 30.3 Å². The molecule has 0 amide bonds. The summed E-state index contributed by atoms with van der Waals surface area (Å²) in [7, 11) is -1.90. The smallest absolute Gasteiger partial charge is 0.422 e. The molecule has 1 aromatic carbocycles. The normalized spacial score (nSPS) is 15.5. The van der Waals surface area contributed by atoms with E-state index in [-0.39, 0.29) is 5.71 Å². The van der Waals surface area contributed by atoms with Crippen LogP contribution in [-0.4, -0.2) is 45.9 Å². The van der Waals surface area contributed by atoms with Crippen molar-refractivity contribution in [1.82, 2.24) is 0 Å². The van der Waals surface area contributed by atoms with Crippen LogP contribution in [0.1, 0.15) is 12.0 Å². The quantitative estimate of drug-likeness (QED) is 0.382. The van der Waals surface area contributed by atoms with Crippen LogP contribution in [0.15, 0.2) is 40.1 Å². The molecule has 118 valence electrons. The van der Waals surface area contributed by atoms with Gasteiger partial charge in [0, 0.05) is 11.3 Å². The van der Waals surface area contributed by atoms with Gasteiger partial charge in [0.15, 0.2) is 0 Å². The summed E-state index contributed by atoms with van der Waals surface area (Å²) in [5.41, 5.74) is 8.94. The lowest BCUT2D eigenvalue weighted by Crippen LogP contribution is -2.18. The van der Waals surface area contributed by atoms with Crippen molar-refractivity contribution in [3.63, 3.8) is 0 Å². The summed E-state index contributed by atoms with van der Waals surface area (Å²) in [6.07, 6.45) is 2.12. The molecule has 0 unspecified atom stereocenters. The van der Waals surface area contributed by atoms with Crippen molar-refractivity contribution in [2.24, 2.45) is 0 Å². The lowest BCUT2D eigenvalue weighted by molar-refractivity contribution is -0.137. The first-order chi connectivity index (χ1) is 10.5. The third-order valence-electron chi connectivity index (χ3n) is 3.22. The van der Waals surface area contributed by atoms with Crippen LogP contribution >= 0.6 is 10.6 Å². The molecule has 7 nitrogen and oxygen atoms in total. The first kappa shape index (κ1) is 16.4. The number of carbonyl (C=O) groups is 1. The second kappa shape index (κ2) is 6.87. The highest BCUT2D eigenvalue weighted by Crippen LogP contribution is 2.56. The van der Waals surface area contributed by atoms with Gasteiger partial charge in [0.1, 0.15) is 0 Å². The Morgan fingerprint density at radius 1 is 1.36 bits per heavy atom. The zero-order valence-electron chi connectivity index (χ0n) is 11.9. The molecule has 1 aliphatic heterocycles. The van der Waals surface area contributed by atoms with Crippen LogP contribution in [0.2, 0.25) is 0 Å². The van der Waals surface area contributed by atoms with Crippen molar-refractivity contribution in [2.45, 2.75) is 11.3 Å². The van der Waals surface area contributed by atoms with Gasteiger partial charge in [-0.2, -0.15) is 4.79 Å². The summed E-state index contributed by atoms with van der Waals surface area (Å²) in [5.74, 6) is -0.783. The van der Waals surface area contributed by atoms with Crippen molar-refractivity contribution in [1.29, 1.82) is 0 Å². The van der Waals surface area contributed by atoms with Crippen LogP contribution < -0.4 is 0 Å². The molecule has 0 aromatic heterocycles. The van der Waals surface area contributed by atoms with Gasteiger partial charge in [-0.15, -0.1) is 10.6 Å². The second-order valence-corrected chi connectivity index (χ2v) is 6.60. The Hall–Kier alpha value is -1.96. The molecule has 1 aromatic rings. The van der Waals surface area contributed by atoms with Gasteiger partial charge in [0.25, 0.3) is 0 Å². The van der Waals surface area contributed by atoms with Gasteiger partial charge >= 0.3 is 11.7 Å². The van der Waals surface area contributed by atoms with E-state index in [1.807, 2.05) is 0 Å². The van der Waals surface area contributed by atoms with E-state index in [4.69, 9.17) is 10.3 Å². The fourth-order valence-corrected chi connectivity index (χ4v) is 3.52. The average molecular weight is 324 g/mol. The number of benzene rings is 1. The van der Waals surface area contributed by atoms with Gasteiger partial charge in [-0.1, -0.05) is 0 Å². The molecular weight excluding hydrogens is 308 g/mol. The molecule has 22 heavy (non-hydrogen) atoms. The van der Waals surface area contributed by atoms with Crippen LogP contribution in [-0.2, 0) is 14.3 Å². The van der Waals surface area contributed by atoms with E-state index in [0.717, 1.165) is 0 Å². The fraction of sp³-hybridized carbons (Fsp3) is 0.286. The highest BCUT2D eigenvalue weighted by molar-refractivity contribution is 8.27. The maximum atomic E-state index is 11.4. The van der Waals surface area contributed by atoms with Crippen molar-refractivity contribution in [3.8, 4) is 0 Å². The first-order valence-corrected chi connectivity index (χ1v) is 8.01. The lowest BCUT2D eigenvalue weighted by atomic mass is 10.1. The first-order valence-electron chi connectivity index (χ1n) is 6.46. The second-order valence-electron chi connectivity index (χ2n) is 4.51. The van der Waals surface area contributed by atoms with Crippen LogP contribution in [0.5, 0.6) is 0 Å². The summed E-state index contributed by atoms with van der Waals surface area (Å²) >= 11 is 0. The number of hydrogen-bond donors (Lipinski definition) is 2. The van der Waals surface area contributed by atoms with Crippen LogP contribution in [0, 0.1) is 0 Å². The van der Waals surface area contributed by atoms with Crippen molar-refractivity contribution < 1.29 is 28.2 Å². The van der Waals surface area contributed by atoms with E-state index in [1.54, 1.807) is 6.08 Å². The van der Waals surface area contributed by atoms with Crippen LogP contribution in [0.4, 0.5) is 0 Å². The Bertz CT molecular complexity index is 648. The zero-order valence-corrected chi connectivity index (χ0v) is 12.7. The number of rotatable bonds is 4. The monoisotopic (exact) mass is 324 g/mol. The summed E-state index contributed by atoms with van der Waals surface area (Å²) < 4.78 is 30.5. The molecule has 0 spiro atoms. The number of ether oxygens (including phenoxy) is 2. The summed E-state index contributed by atoms with van der Waals surface area (Å²) in [5, 5.41) is 0. The molecular formula is C14H16N2O5S. The highest BCUT2D eigenvalue weighted by Gasteiger charge is 2.26. The van der Waals surface area contributed by atoms with Gasteiger partial charge in [-0.25, -0.2) is 4.79 Å². The standard InChI is InChI=1S/C14H16N2O5S/c1-20-14(17)13(16-15)10-2-4-11(5-3-10)22(18,19)12-6-8-21-9-7-12/h2-6,18-19H,7-9H2,1H3. The number of esters is 1. The summed E-state index contributed by atoms with van der Waals surface area (Å²) in [6.45, 7) is 0.802. The molecule has 0 aliphatic carbocycles. The summed E-state index contributed by atoms with van der Waals surface area (Å²) in [4.78, 5) is 15.2. The van der Waals surface area contributed by atoms with E-state index in [2.05, 4.69) is 9.53 Å². The molecule has 8 heteroatoms. The Balaban J connectivity index is 2.30.